The summed E-state index contributed by atoms with van der Waals surface area (Å²) in [7, 11) is 0. The van der Waals surface area contributed by atoms with Gasteiger partial charge in [-0.05, 0) is 25.0 Å². The molecule has 2 nitrogen and oxygen atoms in total. The van der Waals surface area contributed by atoms with Crippen molar-refractivity contribution in [1.29, 1.82) is 0 Å². The van der Waals surface area contributed by atoms with Crippen LogP contribution in [0.3, 0.4) is 0 Å². The molecule has 0 aromatic heterocycles. The third-order valence-electron chi connectivity index (χ3n) is 2.43. The van der Waals surface area contributed by atoms with E-state index in [0.29, 0.717) is 0 Å². The minimum atomic E-state index is 0.190. The van der Waals surface area contributed by atoms with Gasteiger partial charge >= 0.3 is 0 Å². The Bertz CT molecular complexity index is 333. The maximum absolute atomic E-state index is 11.8. The van der Waals surface area contributed by atoms with Gasteiger partial charge in [0, 0.05) is 18.7 Å². The van der Waals surface area contributed by atoms with Crippen molar-refractivity contribution in [2.24, 2.45) is 0 Å². The fraction of sp³-hybridized carbons (Fsp3) is 0.364. The molecule has 1 aromatic rings. The minimum Gasteiger partial charge on any atom is -0.335 e. The zero-order chi connectivity index (χ0) is 9.42. The van der Waals surface area contributed by atoms with Crippen LogP contribution in [0.4, 0.5) is 0 Å². The molecule has 0 saturated carbocycles. The van der Waals surface area contributed by atoms with E-state index >= 15 is 0 Å². The summed E-state index contributed by atoms with van der Waals surface area (Å²) < 4.78 is 0. The number of amides is 1. The Labute approximate surface area is 78.2 Å². The first-order chi connectivity index (χ1) is 6.20. The van der Waals surface area contributed by atoms with E-state index in [0.717, 1.165) is 29.8 Å². The number of aryl methyl sites for hydroxylation is 2. The van der Waals surface area contributed by atoms with Gasteiger partial charge in [-0.1, -0.05) is 18.2 Å². The Morgan fingerprint density at radius 1 is 1.23 bits per heavy atom. The van der Waals surface area contributed by atoms with Crippen molar-refractivity contribution in [2.45, 2.75) is 13.8 Å². The molecule has 1 aromatic carbocycles. The largest absolute Gasteiger partial charge is 0.335 e. The van der Waals surface area contributed by atoms with Gasteiger partial charge in [-0.25, -0.2) is 0 Å². The zero-order valence-electron chi connectivity index (χ0n) is 8.00. The van der Waals surface area contributed by atoms with E-state index in [-0.39, 0.29) is 5.91 Å². The molecule has 0 aliphatic carbocycles. The summed E-state index contributed by atoms with van der Waals surface area (Å²) in [5, 5.41) is 0. The van der Waals surface area contributed by atoms with Crippen LogP contribution in [0, 0.1) is 13.8 Å². The topological polar surface area (TPSA) is 20.1 Å². The minimum absolute atomic E-state index is 0.190. The summed E-state index contributed by atoms with van der Waals surface area (Å²) >= 11 is 0. The second kappa shape index (κ2) is 2.87. The highest BCUT2D eigenvalue weighted by molar-refractivity contribution is 5.98. The molecular formula is C11H13NO. The third-order valence-corrected chi connectivity index (χ3v) is 2.43. The lowest BCUT2D eigenvalue weighted by atomic mass is 10.0. The number of benzene rings is 1. The molecule has 68 valence electrons. The zero-order valence-corrected chi connectivity index (χ0v) is 8.00. The molecule has 0 radical (unpaired) electrons. The molecule has 1 fully saturated rings. The van der Waals surface area contributed by atoms with Gasteiger partial charge in [0.25, 0.3) is 5.91 Å². The highest BCUT2D eigenvalue weighted by Crippen LogP contribution is 2.18. The molecule has 1 aliphatic rings. The van der Waals surface area contributed by atoms with Crippen LogP contribution in [0.5, 0.6) is 0 Å². The number of rotatable bonds is 1. The molecule has 0 unspecified atom stereocenters. The number of carbonyl (C=O) groups excluding carboxylic acids is 1. The van der Waals surface area contributed by atoms with Crippen molar-refractivity contribution >= 4 is 5.91 Å². The lowest BCUT2D eigenvalue weighted by molar-refractivity contribution is 0.0884. The van der Waals surface area contributed by atoms with E-state index < -0.39 is 0 Å². The summed E-state index contributed by atoms with van der Waals surface area (Å²) in [5.41, 5.74) is 3.05. The van der Waals surface area contributed by atoms with Gasteiger partial charge in [-0.15, -0.1) is 0 Å². The molecule has 2 rings (SSSR count). The average molecular weight is 175 g/mol. The van der Waals surface area contributed by atoms with Gasteiger partial charge in [0.1, 0.15) is 0 Å². The molecule has 1 aliphatic heterocycles. The van der Waals surface area contributed by atoms with Crippen LogP contribution in [0.2, 0.25) is 0 Å². The normalized spacial score (nSPS) is 14.5. The second-order valence-electron chi connectivity index (χ2n) is 3.56. The van der Waals surface area contributed by atoms with E-state index in [1.165, 1.54) is 0 Å². The molecule has 2 heteroatoms. The van der Waals surface area contributed by atoms with E-state index in [9.17, 15) is 4.79 Å². The average Bonchev–Trinajstić information content (AvgIpc) is 2.85. The quantitative estimate of drug-likeness (QED) is 0.595. The SMILES string of the molecule is Cc1cccc(C)c1C(=O)N1CC1. The van der Waals surface area contributed by atoms with Crippen molar-refractivity contribution in [3.8, 4) is 0 Å². The van der Waals surface area contributed by atoms with Crippen molar-refractivity contribution in [2.75, 3.05) is 13.1 Å². The van der Waals surface area contributed by atoms with Gasteiger partial charge in [0.2, 0.25) is 0 Å². The molecule has 0 N–H and O–H groups in total. The Morgan fingerprint density at radius 2 is 1.77 bits per heavy atom. The van der Waals surface area contributed by atoms with Crippen LogP contribution in [-0.2, 0) is 0 Å². The lowest BCUT2D eigenvalue weighted by Crippen LogP contribution is -2.13. The maximum Gasteiger partial charge on any atom is 0.254 e. The molecule has 0 bridgehead atoms. The number of nitrogens with zero attached hydrogens (tertiary/aromatic N) is 1. The Balaban J connectivity index is 2.42. The van der Waals surface area contributed by atoms with E-state index in [4.69, 9.17) is 0 Å². The first kappa shape index (κ1) is 8.30. The van der Waals surface area contributed by atoms with Gasteiger partial charge in [-0.2, -0.15) is 0 Å². The second-order valence-corrected chi connectivity index (χ2v) is 3.56. The van der Waals surface area contributed by atoms with Crippen LogP contribution in [0.15, 0.2) is 18.2 Å². The predicted molar refractivity (Wildman–Crippen MR) is 51.8 cm³/mol. The Kier molecular flexibility index (Phi) is 1.83. The van der Waals surface area contributed by atoms with Crippen molar-refractivity contribution in [1.82, 2.24) is 4.90 Å². The summed E-state index contributed by atoms with van der Waals surface area (Å²) in [6.45, 7) is 5.83. The first-order valence-electron chi connectivity index (χ1n) is 4.55. The lowest BCUT2D eigenvalue weighted by Gasteiger charge is -2.08. The van der Waals surface area contributed by atoms with Crippen molar-refractivity contribution in [3.05, 3.63) is 34.9 Å². The predicted octanol–water partition coefficient (Wildman–Crippen LogP) is 1.76. The number of carbonyl (C=O) groups is 1. The summed E-state index contributed by atoms with van der Waals surface area (Å²) in [6, 6.07) is 5.97. The summed E-state index contributed by atoms with van der Waals surface area (Å²) in [5.74, 6) is 0.190. The van der Waals surface area contributed by atoms with Gasteiger partial charge in [0.15, 0.2) is 0 Å². The van der Waals surface area contributed by atoms with Gasteiger partial charge < -0.3 is 4.90 Å². The number of hydrogen-bond acceptors (Lipinski definition) is 1. The Hall–Kier alpha value is -1.31. The van der Waals surface area contributed by atoms with Crippen LogP contribution < -0.4 is 0 Å². The number of hydrogen-bond donors (Lipinski definition) is 0. The fourth-order valence-corrected chi connectivity index (χ4v) is 1.56. The molecule has 1 saturated heterocycles. The highest BCUT2D eigenvalue weighted by atomic mass is 16.2. The van der Waals surface area contributed by atoms with Crippen LogP contribution >= 0.6 is 0 Å². The highest BCUT2D eigenvalue weighted by Gasteiger charge is 2.27. The molecule has 0 atom stereocenters. The molecule has 13 heavy (non-hydrogen) atoms. The van der Waals surface area contributed by atoms with Gasteiger partial charge in [-0.3, -0.25) is 4.79 Å². The van der Waals surface area contributed by atoms with Crippen LogP contribution in [0.25, 0.3) is 0 Å². The molecule has 0 spiro atoms. The van der Waals surface area contributed by atoms with Gasteiger partial charge in [0.05, 0.1) is 0 Å². The molecular weight excluding hydrogens is 162 g/mol. The van der Waals surface area contributed by atoms with E-state index in [2.05, 4.69) is 0 Å². The van der Waals surface area contributed by atoms with Crippen molar-refractivity contribution in [3.63, 3.8) is 0 Å². The standard InChI is InChI=1S/C11H13NO/c1-8-4-3-5-9(2)10(8)11(13)12-6-7-12/h3-5H,6-7H2,1-2H3. The first-order valence-corrected chi connectivity index (χ1v) is 4.55. The van der Waals surface area contributed by atoms with E-state index in [1.54, 1.807) is 0 Å². The van der Waals surface area contributed by atoms with Crippen LogP contribution in [-0.4, -0.2) is 23.9 Å². The Morgan fingerprint density at radius 3 is 2.23 bits per heavy atom. The van der Waals surface area contributed by atoms with Crippen LogP contribution in [0.1, 0.15) is 21.5 Å². The van der Waals surface area contributed by atoms with Crippen molar-refractivity contribution < 1.29 is 4.79 Å². The molecule has 1 amide bonds. The molecule has 1 heterocycles. The summed E-state index contributed by atoms with van der Waals surface area (Å²) in [4.78, 5) is 13.6. The monoisotopic (exact) mass is 175 g/mol. The van der Waals surface area contributed by atoms with E-state index in [1.807, 2.05) is 36.9 Å². The smallest absolute Gasteiger partial charge is 0.254 e. The third kappa shape index (κ3) is 1.44. The fourth-order valence-electron chi connectivity index (χ4n) is 1.56. The maximum atomic E-state index is 11.8. The summed E-state index contributed by atoms with van der Waals surface area (Å²) in [6.07, 6.45) is 0.